The number of hydrogen-bond acceptors (Lipinski definition) is 4. The number of amides is 2. The molecule has 0 bridgehead atoms. The molecule has 2 heterocycles. The minimum absolute atomic E-state index is 0.0382. The first-order chi connectivity index (χ1) is 16.0. The molecule has 6 nitrogen and oxygen atoms in total. The van der Waals surface area contributed by atoms with Gasteiger partial charge >= 0.3 is 0 Å². The number of benzene rings is 2. The Morgan fingerprint density at radius 1 is 1.00 bits per heavy atom. The number of carbonyl (C=O) groups is 2. The summed E-state index contributed by atoms with van der Waals surface area (Å²) in [6, 6.07) is 16.6. The van der Waals surface area contributed by atoms with Crippen molar-refractivity contribution in [1.82, 2.24) is 15.5 Å². The van der Waals surface area contributed by atoms with Crippen molar-refractivity contribution >= 4 is 23.4 Å². The summed E-state index contributed by atoms with van der Waals surface area (Å²) in [7, 11) is 0. The second-order valence-corrected chi connectivity index (χ2v) is 8.52. The van der Waals surface area contributed by atoms with Crippen LogP contribution < -0.4 is 10.6 Å². The number of nitrogens with one attached hydrogen (secondary N) is 2. The molecule has 0 radical (unpaired) electrons. The number of likely N-dealkylation sites (tertiary alicyclic amines) is 1. The van der Waals surface area contributed by atoms with Crippen molar-refractivity contribution in [1.29, 1.82) is 0 Å². The number of hydrogen-bond donors (Lipinski definition) is 2. The van der Waals surface area contributed by atoms with Crippen molar-refractivity contribution in [3.8, 4) is 11.3 Å². The van der Waals surface area contributed by atoms with Gasteiger partial charge in [0.2, 0.25) is 5.91 Å². The lowest BCUT2D eigenvalue weighted by Gasteiger charge is -2.31. The van der Waals surface area contributed by atoms with Crippen LogP contribution in [0.25, 0.3) is 11.3 Å². The predicted octanol–water partition coefficient (Wildman–Crippen LogP) is 4.25. The first kappa shape index (κ1) is 23.0. The van der Waals surface area contributed by atoms with Crippen LogP contribution in [0.15, 0.2) is 65.1 Å². The number of halogens is 2. The largest absolute Gasteiger partial charge is 0.459 e. The normalized spacial score (nSPS) is 14.7. The van der Waals surface area contributed by atoms with Crippen LogP contribution in [-0.4, -0.2) is 42.4 Å². The quantitative estimate of drug-likeness (QED) is 0.542. The Bertz CT molecular complexity index is 1090. The molecule has 0 unspecified atom stereocenters. The van der Waals surface area contributed by atoms with Crippen molar-refractivity contribution < 1.29 is 18.4 Å². The molecule has 0 atom stereocenters. The Hall–Kier alpha value is -3.16. The van der Waals surface area contributed by atoms with Gasteiger partial charge in [0, 0.05) is 35.3 Å². The smallest absolute Gasteiger partial charge is 0.251 e. The van der Waals surface area contributed by atoms with Crippen LogP contribution in [0.3, 0.4) is 0 Å². The maximum Gasteiger partial charge on any atom is 0.251 e. The molecule has 8 heteroatoms. The van der Waals surface area contributed by atoms with Gasteiger partial charge in [0.25, 0.3) is 5.91 Å². The van der Waals surface area contributed by atoms with Gasteiger partial charge in [0.05, 0.1) is 13.1 Å². The molecule has 2 amide bonds. The fraction of sp³-hybridized carbons (Fsp3) is 0.280. The second kappa shape index (κ2) is 10.6. The SMILES string of the molecule is O=C(CN1CCC(NC(=O)c2ccc(F)cc2)CC1)NCc1ccc(-c2ccc(Cl)cc2)o1. The molecule has 3 aromatic rings. The van der Waals surface area contributed by atoms with Crippen molar-refractivity contribution in [3.63, 3.8) is 0 Å². The zero-order valence-corrected chi connectivity index (χ0v) is 18.8. The van der Waals surface area contributed by atoms with Gasteiger partial charge in [-0.1, -0.05) is 11.6 Å². The Morgan fingerprint density at radius 3 is 2.39 bits per heavy atom. The lowest BCUT2D eigenvalue weighted by atomic mass is 10.0. The van der Waals surface area contributed by atoms with E-state index in [9.17, 15) is 14.0 Å². The molecule has 1 aliphatic rings. The first-order valence-electron chi connectivity index (χ1n) is 10.9. The van der Waals surface area contributed by atoms with Crippen LogP contribution in [-0.2, 0) is 11.3 Å². The lowest BCUT2D eigenvalue weighted by Crippen LogP contribution is -2.47. The Kier molecular flexibility index (Phi) is 7.42. The van der Waals surface area contributed by atoms with E-state index in [2.05, 4.69) is 15.5 Å². The lowest BCUT2D eigenvalue weighted by molar-refractivity contribution is -0.122. The average Bonchev–Trinajstić information content (AvgIpc) is 3.29. The van der Waals surface area contributed by atoms with Crippen molar-refractivity contribution in [3.05, 3.63) is 82.8 Å². The van der Waals surface area contributed by atoms with Crippen LogP contribution in [0, 0.1) is 5.82 Å². The van der Waals surface area contributed by atoms with Gasteiger partial charge < -0.3 is 15.1 Å². The maximum atomic E-state index is 13.0. The minimum Gasteiger partial charge on any atom is -0.459 e. The van der Waals surface area contributed by atoms with Crippen LogP contribution in [0.4, 0.5) is 4.39 Å². The highest BCUT2D eigenvalue weighted by molar-refractivity contribution is 6.30. The number of furan rings is 1. The van der Waals surface area contributed by atoms with Crippen LogP contribution >= 0.6 is 11.6 Å². The summed E-state index contributed by atoms with van der Waals surface area (Å²) in [5, 5.41) is 6.54. The average molecular weight is 470 g/mol. The van der Waals surface area contributed by atoms with E-state index in [4.69, 9.17) is 16.0 Å². The monoisotopic (exact) mass is 469 g/mol. The van der Waals surface area contributed by atoms with Gasteiger partial charge in [-0.2, -0.15) is 0 Å². The van der Waals surface area contributed by atoms with Crippen molar-refractivity contribution in [2.45, 2.75) is 25.4 Å². The van der Waals surface area contributed by atoms with Crippen LogP contribution in [0.2, 0.25) is 5.02 Å². The van der Waals surface area contributed by atoms with Gasteiger partial charge in [0.15, 0.2) is 0 Å². The van der Waals surface area contributed by atoms with E-state index in [1.807, 2.05) is 24.3 Å². The molecule has 1 saturated heterocycles. The Balaban J connectivity index is 1.18. The van der Waals surface area contributed by atoms with E-state index >= 15 is 0 Å². The van der Waals surface area contributed by atoms with Gasteiger partial charge in [-0.15, -0.1) is 0 Å². The predicted molar refractivity (Wildman–Crippen MR) is 124 cm³/mol. The molecule has 1 aromatic heterocycles. The summed E-state index contributed by atoms with van der Waals surface area (Å²) in [4.78, 5) is 26.7. The molecule has 0 saturated carbocycles. The topological polar surface area (TPSA) is 74.6 Å². The zero-order chi connectivity index (χ0) is 23.2. The van der Waals surface area contributed by atoms with Crippen LogP contribution in [0.5, 0.6) is 0 Å². The summed E-state index contributed by atoms with van der Waals surface area (Å²) in [6.45, 7) is 2.03. The summed E-state index contributed by atoms with van der Waals surface area (Å²) in [5.41, 5.74) is 1.36. The van der Waals surface area contributed by atoms with Crippen LogP contribution in [0.1, 0.15) is 29.0 Å². The number of carbonyl (C=O) groups excluding carboxylic acids is 2. The van der Waals surface area contributed by atoms with Crippen molar-refractivity contribution in [2.75, 3.05) is 19.6 Å². The third-order valence-electron chi connectivity index (χ3n) is 5.65. The minimum atomic E-state index is -0.368. The molecular weight excluding hydrogens is 445 g/mol. The Labute approximate surface area is 196 Å². The van der Waals surface area contributed by atoms with Gasteiger partial charge in [-0.25, -0.2) is 4.39 Å². The summed E-state index contributed by atoms with van der Waals surface area (Å²) < 4.78 is 18.8. The number of nitrogens with zero attached hydrogens (tertiary/aromatic N) is 1. The van der Waals surface area contributed by atoms with E-state index in [0.717, 1.165) is 24.2 Å². The number of rotatable bonds is 7. The highest BCUT2D eigenvalue weighted by Gasteiger charge is 2.22. The Morgan fingerprint density at radius 2 is 1.70 bits per heavy atom. The second-order valence-electron chi connectivity index (χ2n) is 8.08. The maximum absolute atomic E-state index is 13.0. The zero-order valence-electron chi connectivity index (χ0n) is 18.0. The molecule has 33 heavy (non-hydrogen) atoms. The fourth-order valence-corrected chi connectivity index (χ4v) is 3.92. The van der Waals surface area contributed by atoms with E-state index in [-0.39, 0.29) is 23.7 Å². The van der Waals surface area contributed by atoms with Crippen molar-refractivity contribution in [2.24, 2.45) is 0 Å². The molecule has 2 N–H and O–H groups in total. The molecule has 2 aromatic carbocycles. The number of piperidine rings is 1. The van der Waals surface area contributed by atoms with E-state index in [0.29, 0.717) is 42.5 Å². The third-order valence-corrected chi connectivity index (χ3v) is 5.90. The molecule has 1 fully saturated rings. The highest BCUT2D eigenvalue weighted by atomic mass is 35.5. The standard InChI is InChI=1S/C25H25ClFN3O3/c26-19-5-1-17(2-6-19)23-10-9-22(33-23)15-28-24(31)16-30-13-11-21(12-14-30)29-25(32)18-3-7-20(27)8-4-18/h1-10,21H,11-16H2,(H,28,31)(H,29,32). The third kappa shape index (κ3) is 6.43. The summed E-state index contributed by atoms with van der Waals surface area (Å²) in [6.07, 6.45) is 1.51. The summed E-state index contributed by atoms with van der Waals surface area (Å²) >= 11 is 5.92. The molecular formula is C25H25ClFN3O3. The highest BCUT2D eigenvalue weighted by Crippen LogP contribution is 2.23. The fourth-order valence-electron chi connectivity index (χ4n) is 3.79. The molecule has 172 valence electrons. The van der Waals surface area contributed by atoms with Gasteiger partial charge in [-0.05, 0) is 73.5 Å². The molecule has 0 aliphatic carbocycles. The molecule has 4 rings (SSSR count). The first-order valence-corrected chi connectivity index (χ1v) is 11.2. The van der Waals surface area contributed by atoms with E-state index in [1.165, 1.54) is 24.3 Å². The van der Waals surface area contributed by atoms with E-state index < -0.39 is 0 Å². The van der Waals surface area contributed by atoms with E-state index in [1.54, 1.807) is 12.1 Å². The van der Waals surface area contributed by atoms with Gasteiger partial charge in [0.1, 0.15) is 17.3 Å². The molecule has 1 aliphatic heterocycles. The van der Waals surface area contributed by atoms with Gasteiger partial charge in [-0.3, -0.25) is 14.5 Å². The molecule has 0 spiro atoms. The summed E-state index contributed by atoms with van der Waals surface area (Å²) in [5.74, 6) is 0.749.